The van der Waals surface area contributed by atoms with Crippen molar-refractivity contribution in [3.63, 3.8) is 0 Å². The van der Waals surface area contributed by atoms with Gasteiger partial charge in [-0.3, -0.25) is 9.62 Å². The molecule has 0 bridgehead atoms. The van der Waals surface area contributed by atoms with E-state index in [1.807, 2.05) is 6.92 Å². The Labute approximate surface area is 86.5 Å². The van der Waals surface area contributed by atoms with Crippen LogP contribution in [-0.4, -0.2) is 21.9 Å². The lowest BCUT2D eigenvalue weighted by Crippen LogP contribution is -2.27. The van der Waals surface area contributed by atoms with E-state index < -0.39 is 0 Å². The molecule has 0 radical (unpaired) electrons. The average Bonchev–Trinajstić information content (AvgIpc) is 2.57. The topological polar surface area (TPSA) is 45.2 Å². The van der Waals surface area contributed by atoms with Crippen molar-refractivity contribution >= 4 is 35.3 Å². The van der Waals surface area contributed by atoms with Crippen molar-refractivity contribution < 1.29 is 4.79 Å². The summed E-state index contributed by atoms with van der Waals surface area (Å²) in [5, 5.41) is 5.03. The minimum atomic E-state index is -0.236. The smallest absolute Gasteiger partial charge is 0.283 e. The molecule has 0 atom stereocenters. The molecule has 1 aromatic rings. The van der Waals surface area contributed by atoms with E-state index in [2.05, 4.69) is 23.1 Å². The van der Waals surface area contributed by atoms with Gasteiger partial charge in [0.15, 0.2) is 5.13 Å². The number of amides is 2. The number of nitrogens with one attached hydrogen (secondary N) is 1. The van der Waals surface area contributed by atoms with Gasteiger partial charge in [0.05, 0.1) is 0 Å². The van der Waals surface area contributed by atoms with E-state index in [1.165, 1.54) is 15.6 Å². The van der Waals surface area contributed by atoms with Crippen LogP contribution in [0.1, 0.15) is 13.3 Å². The summed E-state index contributed by atoms with van der Waals surface area (Å²) < 4.78 is 1.33. The van der Waals surface area contributed by atoms with Crippen LogP contribution in [-0.2, 0) is 0 Å². The Morgan fingerprint density at radius 2 is 2.62 bits per heavy atom. The van der Waals surface area contributed by atoms with Crippen molar-refractivity contribution in [2.24, 2.45) is 0 Å². The molecule has 0 fully saturated rings. The molecule has 2 amide bonds. The first-order chi connectivity index (χ1) is 6.24. The average molecular weight is 217 g/mol. The van der Waals surface area contributed by atoms with Crippen molar-refractivity contribution in [2.45, 2.75) is 13.3 Å². The molecule has 1 N–H and O–H groups in total. The Balaban J connectivity index is 2.41. The van der Waals surface area contributed by atoms with Crippen LogP contribution in [0.4, 0.5) is 9.93 Å². The first-order valence-corrected chi connectivity index (χ1v) is 5.19. The number of urea groups is 1. The maximum atomic E-state index is 11.3. The molecule has 1 heterocycles. The molecule has 0 aromatic carbocycles. The number of aromatic nitrogens is 1. The summed E-state index contributed by atoms with van der Waals surface area (Å²) >= 11 is 5.40. The van der Waals surface area contributed by atoms with Gasteiger partial charge in [0.2, 0.25) is 0 Å². The van der Waals surface area contributed by atoms with Crippen LogP contribution in [0.5, 0.6) is 0 Å². The third-order valence-corrected chi connectivity index (χ3v) is 2.39. The normalized spacial score (nSPS) is 9.69. The molecule has 1 rings (SSSR count). The molecule has 0 unspecified atom stereocenters. The molecule has 0 aliphatic heterocycles. The van der Waals surface area contributed by atoms with Gasteiger partial charge in [-0.25, -0.2) is 9.78 Å². The number of thiol groups is 1. The third kappa shape index (κ3) is 3.23. The number of thiazole rings is 1. The quantitative estimate of drug-likeness (QED) is 0.763. The van der Waals surface area contributed by atoms with Gasteiger partial charge < -0.3 is 0 Å². The molecule has 4 nitrogen and oxygen atoms in total. The zero-order valence-electron chi connectivity index (χ0n) is 7.23. The highest BCUT2D eigenvalue weighted by Gasteiger charge is 2.08. The van der Waals surface area contributed by atoms with E-state index in [0.29, 0.717) is 11.7 Å². The Morgan fingerprint density at radius 1 is 1.85 bits per heavy atom. The maximum Gasteiger partial charge on any atom is 0.333 e. The largest absolute Gasteiger partial charge is 0.333 e. The number of anilines is 1. The number of carbonyl (C=O) groups is 1. The predicted molar refractivity (Wildman–Crippen MR) is 57.1 cm³/mol. The zero-order valence-corrected chi connectivity index (χ0v) is 8.94. The van der Waals surface area contributed by atoms with Crippen LogP contribution in [0.15, 0.2) is 11.6 Å². The second-order valence-electron chi connectivity index (χ2n) is 2.39. The zero-order chi connectivity index (χ0) is 9.68. The highest BCUT2D eigenvalue weighted by molar-refractivity contribution is 7.78. The molecule has 0 aliphatic carbocycles. The Bertz CT molecular complexity index is 263. The lowest BCUT2D eigenvalue weighted by atomic mass is 10.5. The van der Waals surface area contributed by atoms with E-state index in [4.69, 9.17) is 0 Å². The molecule has 0 aliphatic rings. The van der Waals surface area contributed by atoms with Crippen molar-refractivity contribution in [1.29, 1.82) is 0 Å². The second-order valence-corrected chi connectivity index (χ2v) is 3.77. The van der Waals surface area contributed by atoms with Gasteiger partial charge in [-0.2, -0.15) is 0 Å². The molecular weight excluding hydrogens is 206 g/mol. The number of rotatable bonds is 3. The second kappa shape index (κ2) is 5.08. The molecule has 72 valence electrons. The van der Waals surface area contributed by atoms with Crippen molar-refractivity contribution in [1.82, 2.24) is 9.29 Å². The lowest BCUT2D eigenvalue weighted by molar-refractivity contribution is 0.239. The van der Waals surface area contributed by atoms with Crippen molar-refractivity contribution in [3.8, 4) is 0 Å². The molecule has 0 spiro atoms. The predicted octanol–water partition coefficient (Wildman–Crippen LogP) is 2.23. The number of hydrogen-bond acceptors (Lipinski definition) is 4. The summed E-state index contributed by atoms with van der Waals surface area (Å²) in [5.41, 5.74) is 0. The number of hydrogen-bond donors (Lipinski definition) is 2. The fourth-order valence-corrected chi connectivity index (χ4v) is 1.52. The molecule has 13 heavy (non-hydrogen) atoms. The summed E-state index contributed by atoms with van der Waals surface area (Å²) in [5.74, 6) is 0. The highest BCUT2D eigenvalue weighted by atomic mass is 32.1. The lowest BCUT2D eigenvalue weighted by Gasteiger charge is -2.13. The van der Waals surface area contributed by atoms with Crippen LogP contribution in [0, 0.1) is 0 Å². The van der Waals surface area contributed by atoms with E-state index in [1.54, 1.807) is 11.6 Å². The van der Waals surface area contributed by atoms with Gasteiger partial charge in [-0.15, -0.1) is 11.3 Å². The molecule has 6 heteroatoms. The van der Waals surface area contributed by atoms with E-state index in [0.717, 1.165) is 6.42 Å². The highest BCUT2D eigenvalue weighted by Crippen LogP contribution is 2.11. The molecule has 1 aromatic heterocycles. The first kappa shape index (κ1) is 10.3. The van der Waals surface area contributed by atoms with E-state index in [9.17, 15) is 4.79 Å². The van der Waals surface area contributed by atoms with Crippen molar-refractivity contribution in [2.75, 3.05) is 11.9 Å². The Kier molecular flexibility index (Phi) is 4.04. The standard InChI is InChI=1S/C7H11N3OS2/c1-2-4-10(12)7(11)9-6-8-3-5-13-6/h3,5,12H,2,4H2,1H3,(H,8,9,11). The van der Waals surface area contributed by atoms with Crippen LogP contribution in [0.25, 0.3) is 0 Å². The van der Waals surface area contributed by atoms with Crippen LogP contribution in [0.2, 0.25) is 0 Å². The summed E-state index contributed by atoms with van der Waals surface area (Å²) in [6.45, 7) is 2.61. The minimum absolute atomic E-state index is 0.236. The van der Waals surface area contributed by atoms with Crippen LogP contribution in [0.3, 0.4) is 0 Å². The SMILES string of the molecule is CCCN(S)C(=O)Nc1nccs1. The fraction of sp³-hybridized carbons (Fsp3) is 0.429. The summed E-state index contributed by atoms with van der Waals surface area (Å²) in [6, 6.07) is -0.236. The molecule has 0 saturated carbocycles. The Hall–Kier alpha value is -0.750. The summed E-state index contributed by atoms with van der Waals surface area (Å²) in [6.07, 6.45) is 2.53. The first-order valence-electron chi connectivity index (χ1n) is 3.91. The van der Waals surface area contributed by atoms with E-state index in [-0.39, 0.29) is 6.03 Å². The van der Waals surface area contributed by atoms with Gasteiger partial charge >= 0.3 is 6.03 Å². The Morgan fingerprint density at radius 3 is 3.15 bits per heavy atom. The van der Waals surface area contributed by atoms with Crippen LogP contribution >= 0.6 is 24.2 Å². The van der Waals surface area contributed by atoms with Crippen LogP contribution < -0.4 is 5.32 Å². The number of carbonyl (C=O) groups excluding carboxylic acids is 1. The molecule has 0 saturated heterocycles. The van der Waals surface area contributed by atoms with E-state index >= 15 is 0 Å². The minimum Gasteiger partial charge on any atom is -0.283 e. The number of nitrogens with zero attached hydrogens (tertiary/aromatic N) is 2. The summed E-state index contributed by atoms with van der Waals surface area (Å²) in [7, 11) is 0. The van der Waals surface area contributed by atoms with Gasteiger partial charge in [0.1, 0.15) is 0 Å². The van der Waals surface area contributed by atoms with Gasteiger partial charge in [-0.1, -0.05) is 19.7 Å². The monoisotopic (exact) mass is 217 g/mol. The summed E-state index contributed by atoms with van der Waals surface area (Å²) in [4.78, 5) is 15.2. The molecular formula is C7H11N3OS2. The fourth-order valence-electron chi connectivity index (χ4n) is 0.755. The van der Waals surface area contributed by atoms with Gasteiger partial charge in [0.25, 0.3) is 0 Å². The maximum absolute atomic E-state index is 11.3. The van der Waals surface area contributed by atoms with Crippen molar-refractivity contribution in [3.05, 3.63) is 11.6 Å². The third-order valence-electron chi connectivity index (χ3n) is 1.32. The van der Waals surface area contributed by atoms with Gasteiger partial charge in [0, 0.05) is 18.1 Å². The van der Waals surface area contributed by atoms with Gasteiger partial charge in [-0.05, 0) is 6.42 Å².